The highest BCUT2D eigenvalue weighted by Gasteiger charge is 2.19. The Kier molecular flexibility index (Phi) is 6.58. The average molecular weight is 475 g/mol. The van der Waals surface area contributed by atoms with Crippen molar-refractivity contribution >= 4 is 40.8 Å². The highest BCUT2D eigenvalue weighted by Crippen LogP contribution is 2.30. The molecule has 0 aliphatic carbocycles. The Hall–Kier alpha value is -3.16. The molecule has 0 bridgehead atoms. The van der Waals surface area contributed by atoms with E-state index in [1.807, 2.05) is 17.0 Å². The third-order valence-electron chi connectivity index (χ3n) is 4.97. The molecule has 0 saturated carbocycles. The predicted octanol–water partition coefficient (Wildman–Crippen LogP) is 5.27. The van der Waals surface area contributed by atoms with Crippen LogP contribution in [-0.2, 0) is 4.79 Å². The van der Waals surface area contributed by atoms with Gasteiger partial charge in [0.25, 0.3) is 5.95 Å². The summed E-state index contributed by atoms with van der Waals surface area (Å²) in [4.78, 5) is 27.9. The van der Waals surface area contributed by atoms with Gasteiger partial charge in [-0.15, -0.1) is 0 Å². The maximum Gasteiger partial charge on any atom is 0.379 e. The lowest BCUT2D eigenvalue weighted by Gasteiger charge is -2.35. The van der Waals surface area contributed by atoms with Crippen LogP contribution in [0.4, 0.5) is 5.69 Å². The van der Waals surface area contributed by atoms with E-state index in [-0.39, 0.29) is 17.6 Å². The fraction of sp³-hybridized carbons (Fsp3) is 0.217. The standard InChI is InChI=1S/C23H20Cl2N2O5/c1-15(28)26-8-10-27(11-9-26)18-2-4-19(5-3-18)31-23(29)21-6-7-22(32-21)30-20-13-16(24)12-17(25)14-20/h2-7,12-14H,8-11H2,1H3. The van der Waals surface area contributed by atoms with Crippen molar-refractivity contribution in [3.8, 4) is 17.4 Å². The summed E-state index contributed by atoms with van der Waals surface area (Å²) in [7, 11) is 0. The number of hydrogen-bond acceptors (Lipinski definition) is 6. The number of amides is 1. The SMILES string of the molecule is CC(=O)N1CCN(c2ccc(OC(=O)c3ccc(Oc4cc(Cl)cc(Cl)c4)o3)cc2)CC1. The molecule has 3 aromatic rings. The van der Waals surface area contributed by atoms with E-state index in [0.717, 1.165) is 18.8 Å². The minimum absolute atomic E-state index is 0.00226. The summed E-state index contributed by atoms with van der Waals surface area (Å²) in [5.74, 6) is 0.326. The topological polar surface area (TPSA) is 72.2 Å². The number of carbonyl (C=O) groups excluding carboxylic acids is 2. The predicted molar refractivity (Wildman–Crippen MR) is 121 cm³/mol. The minimum Gasteiger partial charge on any atom is -0.426 e. The first-order chi connectivity index (χ1) is 15.4. The Morgan fingerprint density at radius 1 is 0.875 bits per heavy atom. The van der Waals surface area contributed by atoms with Gasteiger partial charge >= 0.3 is 5.97 Å². The maximum atomic E-state index is 12.4. The number of nitrogens with zero attached hydrogens (tertiary/aromatic N) is 2. The van der Waals surface area contributed by atoms with Gasteiger partial charge in [0.15, 0.2) is 0 Å². The Bertz CT molecular complexity index is 1100. The highest BCUT2D eigenvalue weighted by molar-refractivity contribution is 6.34. The van der Waals surface area contributed by atoms with Crippen LogP contribution in [0.1, 0.15) is 17.5 Å². The molecule has 1 aliphatic rings. The van der Waals surface area contributed by atoms with Crippen molar-refractivity contribution in [1.82, 2.24) is 4.90 Å². The molecule has 32 heavy (non-hydrogen) atoms. The molecule has 1 fully saturated rings. The number of benzene rings is 2. The normalized spacial score (nSPS) is 13.7. The number of hydrogen-bond donors (Lipinski definition) is 0. The fourth-order valence-corrected chi connectivity index (χ4v) is 3.86. The van der Waals surface area contributed by atoms with Crippen LogP contribution in [0.15, 0.2) is 59.0 Å². The smallest absolute Gasteiger partial charge is 0.379 e. The number of rotatable bonds is 5. The molecular weight excluding hydrogens is 455 g/mol. The lowest BCUT2D eigenvalue weighted by Crippen LogP contribution is -2.48. The van der Waals surface area contributed by atoms with Gasteiger partial charge in [0.1, 0.15) is 11.5 Å². The van der Waals surface area contributed by atoms with Gasteiger partial charge in [-0.25, -0.2) is 4.79 Å². The Morgan fingerprint density at radius 3 is 2.16 bits per heavy atom. The first-order valence-corrected chi connectivity index (χ1v) is 10.7. The van der Waals surface area contributed by atoms with Crippen LogP contribution >= 0.6 is 23.2 Å². The summed E-state index contributed by atoms with van der Waals surface area (Å²) < 4.78 is 16.4. The van der Waals surface area contributed by atoms with Crippen LogP contribution in [0.2, 0.25) is 10.0 Å². The molecule has 1 saturated heterocycles. The summed E-state index contributed by atoms with van der Waals surface area (Å²) in [6.07, 6.45) is 0. The second-order valence-corrected chi connectivity index (χ2v) is 8.08. The molecule has 2 aromatic carbocycles. The molecule has 7 nitrogen and oxygen atoms in total. The Morgan fingerprint density at radius 2 is 1.53 bits per heavy atom. The first kappa shape index (κ1) is 22.0. The number of ether oxygens (including phenoxy) is 2. The first-order valence-electron chi connectivity index (χ1n) is 9.94. The van der Waals surface area contributed by atoms with E-state index in [4.69, 9.17) is 37.1 Å². The number of furan rings is 1. The van der Waals surface area contributed by atoms with Gasteiger partial charge in [-0.3, -0.25) is 4.79 Å². The summed E-state index contributed by atoms with van der Waals surface area (Å²) in [6.45, 7) is 4.48. The third kappa shape index (κ3) is 5.36. The zero-order valence-electron chi connectivity index (χ0n) is 17.2. The molecule has 1 amide bonds. The van der Waals surface area contributed by atoms with Crippen molar-refractivity contribution in [2.24, 2.45) is 0 Å². The molecular formula is C23H20Cl2N2O5. The van der Waals surface area contributed by atoms with Crippen molar-refractivity contribution in [1.29, 1.82) is 0 Å². The third-order valence-corrected chi connectivity index (χ3v) is 5.41. The number of esters is 1. The van der Waals surface area contributed by atoms with Crippen molar-refractivity contribution in [2.75, 3.05) is 31.1 Å². The summed E-state index contributed by atoms with van der Waals surface area (Å²) in [5.41, 5.74) is 1.00. The molecule has 2 heterocycles. The Labute approximate surface area is 195 Å². The zero-order valence-corrected chi connectivity index (χ0v) is 18.7. The van der Waals surface area contributed by atoms with Crippen molar-refractivity contribution in [2.45, 2.75) is 6.92 Å². The largest absolute Gasteiger partial charge is 0.426 e. The molecule has 0 atom stereocenters. The van der Waals surface area contributed by atoms with Crippen molar-refractivity contribution in [3.63, 3.8) is 0 Å². The van der Waals surface area contributed by atoms with Gasteiger partial charge in [0.05, 0.1) is 0 Å². The lowest BCUT2D eigenvalue weighted by molar-refractivity contribution is -0.129. The molecule has 9 heteroatoms. The van der Waals surface area contributed by atoms with Gasteiger partial charge in [-0.1, -0.05) is 23.2 Å². The van der Waals surface area contributed by atoms with E-state index in [0.29, 0.717) is 34.6 Å². The van der Waals surface area contributed by atoms with Crippen molar-refractivity contribution < 1.29 is 23.5 Å². The van der Waals surface area contributed by atoms with Gasteiger partial charge in [0, 0.05) is 54.9 Å². The van der Waals surface area contributed by atoms with E-state index < -0.39 is 5.97 Å². The number of piperazine rings is 1. The molecule has 0 radical (unpaired) electrons. The quantitative estimate of drug-likeness (QED) is 0.370. The van der Waals surface area contributed by atoms with E-state index in [9.17, 15) is 9.59 Å². The van der Waals surface area contributed by atoms with E-state index in [1.54, 1.807) is 37.3 Å². The molecule has 1 aliphatic heterocycles. The second kappa shape index (κ2) is 9.54. The summed E-state index contributed by atoms with van der Waals surface area (Å²) in [6, 6.07) is 14.9. The molecule has 0 unspecified atom stereocenters. The van der Waals surface area contributed by atoms with Gasteiger partial charge in [0.2, 0.25) is 11.7 Å². The zero-order chi connectivity index (χ0) is 22.7. The number of carbonyl (C=O) groups is 2. The summed E-state index contributed by atoms with van der Waals surface area (Å²) >= 11 is 11.9. The monoisotopic (exact) mass is 474 g/mol. The fourth-order valence-electron chi connectivity index (χ4n) is 3.35. The van der Waals surface area contributed by atoms with Gasteiger partial charge in [-0.05, 0) is 48.5 Å². The number of anilines is 1. The van der Waals surface area contributed by atoms with Crippen LogP contribution in [0.25, 0.3) is 0 Å². The molecule has 0 N–H and O–H groups in total. The number of halogens is 2. The van der Waals surface area contributed by atoms with Crippen molar-refractivity contribution in [3.05, 3.63) is 70.4 Å². The van der Waals surface area contributed by atoms with Gasteiger partial charge < -0.3 is 23.7 Å². The molecule has 166 valence electrons. The maximum absolute atomic E-state index is 12.4. The van der Waals surface area contributed by atoms with Crippen LogP contribution in [-0.4, -0.2) is 43.0 Å². The van der Waals surface area contributed by atoms with E-state index in [2.05, 4.69) is 4.90 Å². The molecule has 1 aromatic heterocycles. The summed E-state index contributed by atoms with van der Waals surface area (Å²) in [5, 5.41) is 0.839. The van der Waals surface area contributed by atoms with Crippen LogP contribution in [0.5, 0.6) is 17.4 Å². The van der Waals surface area contributed by atoms with E-state index >= 15 is 0 Å². The highest BCUT2D eigenvalue weighted by atomic mass is 35.5. The van der Waals surface area contributed by atoms with E-state index in [1.165, 1.54) is 12.1 Å². The van der Waals surface area contributed by atoms with Crippen LogP contribution < -0.4 is 14.4 Å². The Balaban J connectivity index is 1.35. The molecule has 4 rings (SSSR count). The van der Waals surface area contributed by atoms with Gasteiger partial charge in [-0.2, -0.15) is 0 Å². The second-order valence-electron chi connectivity index (χ2n) is 7.20. The van der Waals surface area contributed by atoms with Crippen LogP contribution in [0, 0.1) is 0 Å². The average Bonchev–Trinajstić information content (AvgIpc) is 3.22. The molecule has 0 spiro atoms. The van der Waals surface area contributed by atoms with Crippen LogP contribution in [0.3, 0.4) is 0 Å². The lowest BCUT2D eigenvalue weighted by atomic mass is 10.2. The minimum atomic E-state index is -0.646.